The summed E-state index contributed by atoms with van der Waals surface area (Å²) in [5.41, 5.74) is 2.36. The fourth-order valence-electron chi connectivity index (χ4n) is 2.57. The molecule has 1 aromatic carbocycles. The number of hydrogen-bond donors (Lipinski definition) is 3. The number of amides is 2. The van der Waals surface area contributed by atoms with E-state index in [2.05, 4.69) is 19.8 Å². The van der Waals surface area contributed by atoms with Gasteiger partial charge in [0.05, 0.1) is 5.71 Å². The van der Waals surface area contributed by atoms with Crippen LogP contribution in [0.3, 0.4) is 0 Å². The molecule has 1 aliphatic heterocycles. The lowest BCUT2D eigenvalue weighted by Gasteiger charge is -2.18. The first-order chi connectivity index (χ1) is 12.9. The van der Waals surface area contributed by atoms with Crippen molar-refractivity contribution in [3.05, 3.63) is 35.5 Å². The van der Waals surface area contributed by atoms with Gasteiger partial charge < -0.3 is 10.6 Å². The summed E-state index contributed by atoms with van der Waals surface area (Å²) in [6.07, 6.45) is 0.555. The smallest absolute Gasteiger partial charge is 0.326 e. The molecule has 1 heterocycles. The normalized spacial score (nSPS) is 16.1. The first kappa shape index (κ1) is 21.6. The Hall–Kier alpha value is -2.68. The van der Waals surface area contributed by atoms with Crippen molar-refractivity contribution in [1.29, 1.82) is 0 Å². The molecule has 9 heteroatoms. The number of nitrogens with zero attached hydrogens (tertiary/aromatic N) is 1. The van der Waals surface area contributed by atoms with E-state index in [1.165, 1.54) is 0 Å². The van der Waals surface area contributed by atoms with Gasteiger partial charge in [-0.1, -0.05) is 20.8 Å². The van der Waals surface area contributed by atoms with Crippen LogP contribution in [0, 0.1) is 5.41 Å². The highest BCUT2D eigenvalue weighted by molar-refractivity contribution is 7.88. The van der Waals surface area contributed by atoms with Crippen molar-refractivity contribution in [2.45, 2.75) is 47.5 Å². The summed E-state index contributed by atoms with van der Waals surface area (Å²) in [5, 5.41) is 5.61. The van der Waals surface area contributed by atoms with Crippen LogP contribution in [0.5, 0.6) is 0 Å². The van der Waals surface area contributed by atoms with E-state index in [1.807, 2.05) is 20.8 Å². The van der Waals surface area contributed by atoms with Gasteiger partial charge >= 0.3 is 10.2 Å². The summed E-state index contributed by atoms with van der Waals surface area (Å²) in [6, 6.07) is 6.86. The van der Waals surface area contributed by atoms with Crippen LogP contribution in [0.2, 0.25) is 0 Å². The Morgan fingerprint density at radius 2 is 1.57 bits per heavy atom. The van der Waals surface area contributed by atoms with Crippen LogP contribution in [0.4, 0.5) is 11.4 Å². The first-order valence-electron chi connectivity index (χ1n) is 8.88. The molecule has 0 spiro atoms. The molecule has 0 fully saturated rings. The third-order valence-corrected chi connectivity index (χ3v) is 5.22. The minimum atomic E-state index is -3.67. The number of nitrogens with one attached hydrogen (secondary N) is 3. The topological polar surface area (TPSA) is 117 Å². The van der Waals surface area contributed by atoms with Crippen molar-refractivity contribution in [1.82, 2.24) is 4.72 Å². The summed E-state index contributed by atoms with van der Waals surface area (Å²) < 4.78 is 29.0. The van der Waals surface area contributed by atoms with E-state index >= 15 is 0 Å². The van der Waals surface area contributed by atoms with Crippen LogP contribution in [-0.4, -0.2) is 25.9 Å². The van der Waals surface area contributed by atoms with Gasteiger partial charge in [0.25, 0.3) is 0 Å². The Balaban J connectivity index is 1.92. The summed E-state index contributed by atoms with van der Waals surface area (Å²) >= 11 is 0. The van der Waals surface area contributed by atoms with Gasteiger partial charge in [-0.05, 0) is 50.1 Å². The average Bonchev–Trinajstić information content (AvgIpc) is 2.53. The Morgan fingerprint density at radius 1 is 1.04 bits per heavy atom. The van der Waals surface area contributed by atoms with Crippen LogP contribution in [0.1, 0.15) is 47.5 Å². The fourth-order valence-corrected chi connectivity index (χ4v) is 3.60. The van der Waals surface area contributed by atoms with Gasteiger partial charge in [0.2, 0.25) is 11.8 Å². The van der Waals surface area contributed by atoms with Crippen LogP contribution in [0.25, 0.3) is 0 Å². The molecule has 0 saturated carbocycles. The van der Waals surface area contributed by atoms with Crippen LogP contribution in [0.15, 0.2) is 39.9 Å². The Kier molecular flexibility index (Phi) is 6.28. The number of carbonyl (C=O) groups is 2. The summed E-state index contributed by atoms with van der Waals surface area (Å²) in [5.74, 6) is -0.291. The first-order valence-corrected chi connectivity index (χ1v) is 10.3. The van der Waals surface area contributed by atoms with Gasteiger partial charge in [-0.3, -0.25) is 14.3 Å². The van der Waals surface area contributed by atoms with Gasteiger partial charge in [-0.25, -0.2) is 0 Å². The van der Waals surface area contributed by atoms with Gasteiger partial charge in [0, 0.05) is 28.9 Å². The monoisotopic (exact) mass is 406 g/mol. The van der Waals surface area contributed by atoms with Crippen LogP contribution >= 0.6 is 0 Å². The number of hydrogen-bond acceptors (Lipinski definition) is 4. The molecule has 0 unspecified atom stereocenters. The molecular formula is C19H26N4O4S. The van der Waals surface area contributed by atoms with Crippen molar-refractivity contribution in [2.75, 3.05) is 10.6 Å². The second kappa shape index (κ2) is 8.14. The predicted octanol–water partition coefficient (Wildman–Crippen LogP) is 2.97. The largest absolute Gasteiger partial charge is 0.342 e. The molecule has 0 bridgehead atoms. The van der Waals surface area contributed by atoms with Crippen molar-refractivity contribution >= 4 is 39.1 Å². The minimum absolute atomic E-state index is 0.0898. The molecule has 0 aliphatic carbocycles. The number of benzene rings is 1. The zero-order valence-electron chi connectivity index (χ0n) is 16.7. The molecule has 1 aromatic rings. The number of allylic oxidation sites excluding steroid dienone is 2. The molecule has 3 N–H and O–H groups in total. The number of anilines is 2. The van der Waals surface area contributed by atoms with Crippen molar-refractivity contribution in [3.8, 4) is 0 Å². The Morgan fingerprint density at radius 3 is 2.07 bits per heavy atom. The van der Waals surface area contributed by atoms with E-state index in [1.54, 1.807) is 38.1 Å². The maximum atomic E-state index is 12.2. The van der Waals surface area contributed by atoms with Gasteiger partial charge in [0.1, 0.15) is 0 Å². The average molecular weight is 407 g/mol. The lowest BCUT2D eigenvalue weighted by molar-refractivity contribution is -0.123. The molecule has 0 radical (unpaired) electrons. The lowest BCUT2D eigenvalue weighted by atomic mass is 9.95. The molecule has 0 aromatic heterocycles. The van der Waals surface area contributed by atoms with Gasteiger partial charge in [-0.15, -0.1) is 4.40 Å². The number of carbonyl (C=O) groups excluding carboxylic acids is 2. The maximum absolute atomic E-state index is 12.2. The molecule has 1 aliphatic rings. The molecule has 28 heavy (non-hydrogen) atoms. The summed E-state index contributed by atoms with van der Waals surface area (Å²) in [4.78, 5) is 24.2. The van der Waals surface area contributed by atoms with E-state index in [4.69, 9.17) is 0 Å². The third kappa shape index (κ3) is 5.91. The maximum Gasteiger partial charge on any atom is 0.342 e. The number of rotatable bonds is 5. The highest BCUT2D eigenvalue weighted by atomic mass is 32.2. The van der Waals surface area contributed by atoms with E-state index in [-0.39, 0.29) is 18.2 Å². The molecule has 0 saturated heterocycles. The highest BCUT2D eigenvalue weighted by Gasteiger charge is 2.22. The third-order valence-electron chi connectivity index (χ3n) is 4.14. The predicted molar refractivity (Wildman–Crippen MR) is 110 cm³/mol. The van der Waals surface area contributed by atoms with E-state index in [0.717, 1.165) is 0 Å². The van der Waals surface area contributed by atoms with Crippen LogP contribution in [-0.2, 0) is 19.8 Å². The molecule has 8 nitrogen and oxygen atoms in total. The van der Waals surface area contributed by atoms with Gasteiger partial charge in [-0.2, -0.15) is 8.42 Å². The van der Waals surface area contributed by atoms with Crippen molar-refractivity contribution < 1.29 is 18.0 Å². The SMILES string of the molecule is CC1=NS(=O)(=O)NC(C)=C1CCC(=O)Nc1ccc(NC(=O)C(C)(C)C)cc1. The zero-order valence-corrected chi connectivity index (χ0v) is 17.5. The van der Waals surface area contributed by atoms with Gasteiger partial charge in [0.15, 0.2) is 0 Å². The molecule has 2 amide bonds. The molecular weight excluding hydrogens is 380 g/mol. The van der Waals surface area contributed by atoms with E-state index in [0.29, 0.717) is 34.8 Å². The molecule has 152 valence electrons. The zero-order chi connectivity index (χ0) is 21.1. The molecule has 0 atom stereocenters. The molecule has 2 rings (SSSR count). The van der Waals surface area contributed by atoms with Crippen molar-refractivity contribution in [2.24, 2.45) is 9.81 Å². The second-order valence-electron chi connectivity index (χ2n) is 7.69. The quantitative estimate of drug-likeness (QED) is 0.697. The Bertz CT molecular complexity index is 939. The summed E-state index contributed by atoms with van der Waals surface area (Å²) in [6.45, 7) is 8.75. The van der Waals surface area contributed by atoms with E-state index < -0.39 is 15.6 Å². The highest BCUT2D eigenvalue weighted by Crippen LogP contribution is 2.21. The Labute approximate surface area is 165 Å². The second-order valence-corrected chi connectivity index (χ2v) is 9.02. The fraction of sp³-hybridized carbons (Fsp3) is 0.421. The summed E-state index contributed by atoms with van der Waals surface area (Å²) in [7, 11) is -3.67. The van der Waals surface area contributed by atoms with Crippen molar-refractivity contribution in [3.63, 3.8) is 0 Å². The minimum Gasteiger partial charge on any atom is -0.326 e. The standard InChI is InChI=1S/C19H26N4O4S/c1-12-16(13(2)23-28(26,27)22-12)10-11-17(24)20-14-6-8-15(9-7-14)21-18(25)19(3,4)5/h6-9,22H,10-11H2,1-5H3,(H,20,24)(H,21,25). The van der Waals surface area contributed by atoms with Crippen LogP contribution < -0.4 is 15.4 Å². The lowest BCUT2D eigenvalue weighted by Crippen LogP contribution is -2.28. The van der Waals surface area contributed by atoms with E-state index in [9.17, 15) is 18.0 Å².